The Bertz CT molecular complexity index is 546. The molecule has 6 N–H and O–H groups in total. The fourth-order valence-electron chi connectivity index (χ4n) is 2.15. The fraction of sp³-hybridized carbons (Fsp3) is 0.400. The van der Waals surface area contributed by atoms with E-state index < -0.39 is 35.7 Å². The molecule has 1 unspecified atom stereocenters. The van der Waals surface area contributed by atoms with Crippen molar-refractivity contribution >= 4 is 17.7 Å². The number of nitrogens with two attached hydrogens (primary N) is 2. The van der Waals surface area contributed by atoms with Crippen LogP contribution in [0.5, 0.6) is 0 Å². The number of hydrogen-bond acceptors (Lipinski definition) is 5. The number of Topliss-reactive ketones (excluding diaryl/α,β-unsaturated/α-hetero) is 1. The largest absolute Gasteiger partial charge is 0.481 e. The maximum absolute atomic E-state index is 12.3. The predicted octanol–water partition coefficient (Wildman–Crippen LogP) is 0.163. The minimum atomic E-state index is -1.58. The summed E-state index contributed by atoms with van der Waals surface area (Å²) in [5.41, 5.74) is 10.5. The first-order valence-electron chi connectivity index (χ1n) is 6.81. The minimum absolute atomic E-state index is 0.0707. The second-order valence-corrected chi connectivity index (χ2v) is 5.30. The lowest BCUT2D eigenvalue weighted by Crippen LogP contribution is -2.52. The van der Waals surface area contributed by atoms with Gasteiger partial charge in [0.15, 0.2) is 5.78 Å². The van der Waals surface area contributed by atoms with Crippen LogP contribution in [-0.4, -0.2) is 39.5 Å². The molecule has 2 atom stereocenters. The van der Waals surface area contributed by atoms with Gasteiger partial charge in [-0.15, -0.1) is 0 Å². The van der Waals surface area contributed by atoms with E-state index in [9.17, 15) is 14.4 Å². The molecule has 1 aromatic carbocycles. The molecule has 22 heavy (non-hydrogen) atoms. The summed E-state index contributed by atoms with van der Waals surface area (Å²) in [6, 6.07) is 7.66. The van der Waals surface area contributed by atoms with E-state index in [0.717, 1.165) is 5.56 Å². The number of carbonyl (C=O) groups is 3. The molecule has 0 fully saturated rings. The molecule has 0 aromatic heterocycles. The molecule has 7 heteroatoms. The minimum Gasteiger partial charge on any atom is -0.481 e. The van der Waals surface area contributed by atoms with Crippen LogP contribution < -0.4 is 11.5 Å². The Morgan fingerprint density at radius 1 is 1.14 bits per heavy atom. The van der Waals surface area contributed by atoms with Gasteiger partial charge in [-0.25, -0.2) is 0 Å². The standard InChI is InChI=1S/C15H20N2O5/c16-11(14(21)22)6-7-12(18)15(17,9-13(19)20)8-10-4-2-1-3-5-10/h1-5,11H,6-9,16-17H2,(H,19,20)(H,21,22)/t11?,15-/m1/s1. The van der Waals surface area contributed by atoms with Crippen LogP contribution in [0.3, 0.4) is 0 Å². The third-order valence-electron chi connectivity index (χ3n) is 3.38. The van der Waals surface area contributed by atoms with E-state index in [1.54, 1.807) is 30.3 Å². The SMILES string of the molecule is NC(CCC(=O)[C@](N)(CC(=O)O)Cc1ccccc1)C(=O)O. The van der Waals surface area contributed by atoms with E-state index >= 15 is 0 Å². The Balaban J connectivity index is 2.84. The van der Waals surface area contributed by atoms with Gasteiger partial charge in [0.25, 0.3) is 0 Å². The number of benzene rings is 1. The second-order valence-electron chi connectivity index (χ2n) is 5.30. The molecule has 0 saturated carbocycles. The topological polar surface area (TPSA) is 144 Å². The lowest BCUT2D eigenvalue weighted by atomic mass is 9.82. The lowest BCUT2D eigenvalue weighted by Gasteiger charge is -2.27. The van der Waals surface area contributed by atoms with E-state index in [1.165, 1.54) is 0 Å². The highest BCUT2D eigenvalue weighted by molar-refractivity contribution is 5.92. The van der Waals surface area contributed by atoms with Gasteiger partial charge in [-0.1, -0.05) is 30.3 Å². The summed E-state index contributed by atoms with van der Waals surface area (Å²) >= 11 is 0. The molecule has 1 aromatic rings. The highest BCUT2D eigenvalue weighted by Gasteiger charge is 2.36. The summed E-state index contributed by atoms with van der Waals surface area (Å²) in [7, 11) is 0. The average Bonchev–Trinajstić information content (AvgIpc) is 2.44. The molecule has 0 amide bonds. The van der Waals surface area contributed by atoms with Gasteiger partial charge in [-0.05, 0) is 18.4 Å². The van der Waals surface area contributed by atoms with E-state index in [2.05, 4.69) is 0 Å². The van der Waals surface area contributed by atoms with Crippen molar-refractivity contribution in [1.29, 1.82) is 0 Å². The van der Waals surface area contributed by atoms with Crippen molar-refractivity contribution in [2.45, 2.75) is 37.3 Å². The lowest BCUT2D eigenvalue weighted by molar-refractivity contribution is -0.142. The molecular formula is C15H20N2O5. The van der Waals surface area contributed by atoms with Gasteiger partial charge in [0.2, 0.25) is 0 Å². The van der Waals surface area contributed by atoms with Gasteiger partial charge in [-0.2, -0.15) is 0 Å². The van der Waals surface area contributed by atoms with Gasteiger partial charge >= 0.3 is 11.9 Å². The van der Waals surface area contributed by atoms with Crippen LogP contribution in [0.1, 0.15) is 24.8 Å². The average molecular weight is 308 g/mol. The van der Waals surface area contributed by atoms with Gasteiger partial charge in [0.05, 0.1) is 12.0 Å². The van der Waals surface area contributed by atoms with Crippen molar-refractivity contribution in [2.24, 2.45) is 11.5 Å². The molecule has 0 radical (unpaired) electrons. The zero-order chi connectivity index (χ0) is 16.8. The van der Waals surface area contributed by atoms with Crippen LogP contribution in [0, 0.1) is 0 Å². The smallest absolute Gasteiger partial charge is 0.320 e. The van der Waals surface area contributed by atoms with Gasteiger partial charge in [0.1, 0.15) is 6.04 Å². The van der Waals surface area contributed by atoms with Gasteiger partial charge < -0.3 is 21.7 Å². The maximum atomic E-state index is 12.3. The van der Waals surface area contributed by atoms with Crippen molar-refractivity contribution in [1.82, 2.24) is 0 Å². The first-order chi connectivity index (χ1) is 10.2. The van der Waals surface area contributed by atoms with Crippen LogP contribution in [0.25, 0.3) is 0 Å². The van der Waals surface area contributed by atoms with Crippen molar-refractivity contribution < 1.29 is 24.6 Å². The number of hydrogen-bond donors (Lipinski definition) is 4. The van der Waals surface area contributed by atoms with E-state index in [-0.39, 0.29) is 19.3 Å². The Kier molecular flexibility index (Phi) is 6.21. The number of rotatable bonds is 9. The van der Waals surface area contributed by atoms with Crippen LogP contribution >= 0.6 is 0 Å². The van der Waals surface area contributed by atoms with Crippen LogP contribution in [-0.2, 0) is 20.8 Å². The summed E-state index contributed by atoms with van der Waals surface area (Å²) < 4.78 is 0. The second kappa shape index (κ2) is 7.67. The Morgan fingerprint density at radius 3 is 2.23 bits per heavy atom. The number of carbonyl (C=O) groups excluding carboxylic acids is 1. The van der Waals surface area contributed by atoms with Crippen molar-refractivity contribution in [3.63, 3.8) is 0 Å². The predicted molar refractivity (Wildman–Crippen MR) is 79.2 cm³/mol. The third-order valence-corrected chi connectivity index (χ3v) is 3.38. The monoisotopic (exact) mass is 308 g/mol. The fourth-order valence-corrected chi connectivity index (χ4v) is 2.15. The van der Waals surface area contributed by atoms with Gasteiger partial charge in [-0.3, -0.25) is 14.4 Å². The molecule has 0 aliphatic heterocycles. The van der Waals surface area contributed by atoms with Crippen molar-refractivity contribution in [3.05, 3.63) is 35.9 Å². The number of carboxylic acids is 2. The Labute approximate surface area is 127 Å². The van der Waals surface area contributed by atoms with Crippen LogP contribution in [0.4, 0.5) is 0 Å². The van der Waals surface area contributed by atoms with E-state index in [1.807, 2.05) is 0 Å². The Morgan fingerprint density at radius 2 is 1.73 bits per heavy atom. The number of ketones is 1. The Hall–Kier alpha value is -2.25. The zero-order valence-electron chi connectivity index (χ0n) is 12.1. The number of carboxylic acid groups (broad SMARTS) is 2. The molecule has 0 saturated heterocycles. The van der Waals surface area contributed by atoms with E-state index in [4.69, 9.17) is 21.7 Å². The molecule has 0 aliphatic rings. The summed E-state index contributed by atoms with van der Waals surface area (Å²) in [6.45, 7) is 0. The van der Waals surface area contributed by atoms with Gasteiger partial charge in [0, 0.05) is 6.42 Å². The maximum Gasteiger partial charge on any atom is 0.320 e. The molecule has 0 bridgehead atoms. The normalized spacial score (nSPS) is 14.8. The summed E-state index contributed by atoms with van der Waals surface area (Å²) in [6.07, 6.45) is -0.712. The summed E-state index contributed by atoms with van der Waals surface area (Å²) in [5.74, 6) is -2.90. The first-order valence-corrected chi connectivity index (χ1v) is 6.81. The number of aliphatic carboxylic acids is 2. The molecule has 1 rings (SSSR count). The molecule has 7 nitrogen and oxygen atoms in total. The highest BCUT2D eigenvalue weighted by Crippen LogP contribution is 2.19. The molecular weight excluding hydrogens is 288 g/mol. The summed E-state index contributed by atoms with van der Waals surface area (Å²) in [4.78, 5) is 34.0. The van der Waals surface area contributed by atoms with Crippen LogP contribution in [0.15, 0.2) is 30.3 Å². The molecule has 120 valence electrons. The molecule has 0 aliphatic carbocycles. The van der Waals surface area contributed by atoms with Crippen molar-refractivity contribution in [2.75, 3.05) is 0 Å². The molecule has 0 heterocycles. The van der Waals surface area contributed by atoms with Crippen LogP contribution in [0.2, 0.25) is 0 Å². The molecule has 0 spiro atoms. The van der Waals surface area contributed by atoms with E-state index in [0.29, 0.717) is 0 Å². The quantitative estimate of drug-likeness (QED) is 0.508. The highest BCUT2D eigenvalue weighted by atomic mass is 16.4. The summed E-state index contributed by atoms with van der Waals surface area (Å²) in [5, 5.41) is 17.7. The zero-order valence-corrected chi connectivity index (χ0v) is 12.1. The first kappa shape index (κ1) is 17.8. The van der Waals surface area contributed by atoms with Crippen molar-refractivity contribution in [3.8, 4) is 0 Å². The third kappa shape index (κ3) is 5.27.